The minimum Gasteiger partial charge on any atom is -0.306 e. The molecule has 14 heavy (non-hydrogen) atoms. The van der Waals surface area contributed by atoms with E-state index in [1.165, 1.54) is 21.5 Å². The summed E-state index contributed by atoms with van der Waals surface area (Å²) in [6.45, 7) is 1.57. The van der Waals surface area contributed by atoms with Crippen molar-refractivity contribution >= 4 is 47.6 Å². The van der Waals surface area contributed by atoms with E-state index < -0.39 is 6.72 Å². The van der Waals surface area contributed by atoms with Crippen LogP contribution >= 0.6 is 42.1 Å². The van der Waals surface area contributed by atoms with Crippen LogP contribution in [-0.4, -0.2) is 34.7 Å². The number of thiocarbonyl (C=S) groups is 1. The quantitative estimate of drug-likeness (QED) is 0.291. The number of thioether (sulfide) groups is 1. The number of hydrogen-bond acceptors (Lipinski definition) is 5. The molecule has 0 spiro atoms. The van der Waals surface area contributed by atoms with Gasteiger partial charge in [-0.3, -0.25) is 9.24 Å². The fraction of sp³-hybridized carbons (Fsp3) is 0.857. The molecule has 0 aliphatic rings. The number of hydrogen-bond donors (Lipinski definition) is 0. The summed E-state index contributed by atoms with van der Waals surface area (Å²) < 4.78 is 18.9. The van der Waals surface area contributed by atoms with E-state index in [1.807, 2.05) is 6.92 Å². The van der Waals surface area contributed by atoms with E-state index in [1.54, 1.807) is 18.8 Å². The van der Waals surface area contributed by atoms with Gasteiger partial charge in [0.2, 0.25) is 0 Å². The van der Waals surface area contributed by atoms with Gasteiger partial charge in [-0.25, -0.2) is 0 Å². The molecule has 0 aliphatic carbocycles. The summed E-state index contributed by atoms with van der Waals surface area (Å²) in [7, 11) is 1.69. The van der Waals surface area contributed by atoms with Crippen molar-refractivity contribution in [2.45, 2.75) is 13.8 Å². The van der Waals surface area contributed by atoms with Gasteiger partial charge in [0.15, 0.2) is 0 Å². The lowest BCUT2D eigenvalue weighted by Crippen LogP contribution is -2.11. The molecule has 1 atom stereocenters. The zero-order valence-corrected chi connectivity index (χ0v) is 12.0. The molecule has 0 aromatic rings. The van der Waals surface area contributed by atoms with Gasteiger partial charge < -0.3 is 4.52 Å². The Morgan fingerprint density at radius 1 is 1.57 bits per heavy atom. The summed E-state index contributed by atoms with van der Waals surface area (Å²) >= 11 is 7.80. The molecule has 0 rings (SSSR count). The highest BCUT2D eigenvalue weighted by Crippen LogP contribution is 2.61. The predicted molar refractivity (Wildman–Crippen MR) is 71.2 cm³/mol. The molecule has 0 N–H and O–H groups in total. The normalized spacial score (nSPS) is 14.8. The summed E-state index contributed by atoms with van der Waals surface area (Å²) in [5, 5.41) is 0.765. The highest BCUT2D eigenvalue weighted by molar-refractivity contribution is 8.58. The van der Waals surface area contributed by atoms with E-state index in [-0.39, 0.29) is 0 Å². The third-order valence-electron chi connectivity index (χ3n) is 1.33. The van der Waals surface area contributed by atoms with Gasteiger partial charge in [-0.2, -0.15) is 11.8 Å². The van der Waals surface area contributed by atoms with Crippen molar-refractivity contribution in [3.63, 3.8) is 0 Å². The molecule has 0 radical (unpaired) electrons. The van der Waals surface area contributed by atoms with Gasteiger partial charge in [0.05, 0.1) is 17.2 Å². The maximum absolute atomic E-state index is 12.2. The molecule has 7 heteroatoms. The smallest absolute Gasteiger partial charge is 0.306 e. The molecule has 1 unspecified atom stereocenters. The summed E-state index contributed by atoms with van der Waals surface area (Å²) in [5.74, 6) is 1.01. The maximum Gasteiger partial charge on any atom is 0.354 e. The molecule has 0 aliphatic heterocycles. The summed E-state index contributed by atoms with van der Waals surface area (Å²) in [5.41, 5.74) is 1.38. The van der Waals surface area contributed by atoms with Crippen LogP contribution in [0.25, 0.3) is 0 Å². The van der Waals surface area contributed by atoms with Gasteiger partial charge >= 0.3 is 6.72 Å². The van der Waals surface area contributed by atoms with Crippen molar-refractivity contribution in [1.29, 1.82) is 0 Å². The topological polar surface area (TPSA) is 29.5 Å². The summed E-state index contributed by atoms with van der Waals surface area (Å²) in [6.07, 6.45) is 0. The first kappa shape index (κ1) is 14.8. The Hall–Kier alpha value is 0.780. The van der Waals surface area contributed by atoms with Crippen LogP contribution in [0, 0.1) is 0 Å². The van der Waals surface area contributed by atoms with Crippen LogP contribution in [0.1, 0.15) is 13.8 Å². The van der Waals surface area contributed by atoms with Gasteiger partial charge in [-0.05, 0) is 24.1 Å². The molecule has 0 aromatic carbocycles. The molecule has 0 saturated heterocycles. The van der Waals surface area contributed by atoms with Crippen molar-refractivity contribution in [1.82, 2.24) is 4.67 Å². The standard InChI is InChI=1S/C7H16NO2PS3/c1-4-10-11(9,8(3)6-12)14-7-13-5-2/h6H,4-5,7H2,1-3H3. The molecule has 0 fully saturated rings. The van der Waals surface area contributed by atoms with E-state index >= 15 is 0 Å². The monoisotopic (exact) mass is 273 g/mol. The summed E-state index contributed by atoms with van der Waals surface area (Å²) in [4.78, 5) is 0. The second kappa shape index (κ2) is 7.99. The maximum atomic E-state index is 12.2. The van der Waals surface area contributed by atoms with Crippen molar-refractivity contribution in [3.8, 4) is 0 Å². The average molecular weight is 273 g/mol. The van der Waals surface area contributed by atoms with Crippen molar-refractivity contribution in [2.75, 3.05) is 24.5 Å². The van der Waals surface area contributed by atoms with Gasteiger partial charge in [-0.1, -0.05) is 19.1 Å². The SMILES string of the molecule is CCOP(=O)(SCSCC)N(C)C=S. The molecule has 0 heterocycles. The second-order valence-corrected chi connectivity index (χ2v) is 8.69. The Bertz CT molecular complexity index is 215. The predicted octanol–water partition coefficient (Wildman–Crippen LogP) is 3.46. The van der Waals surface area contributed by atoms with Crippen LogP contribution in [-0.2, 0) is 9.09 Å². The highest BCUT2D eigenvalue weighted by atomic mass is 32.7. The lowest BCUT2D eigenvalue weighted by molar-refractivity contribution is 0.325. The van der Waals surface area contributed by atoms with Crippen LogP contribution in [0.3, 0.4) is 0 Å². The van der Waals surface area contributed by atoms with Crippen LogP contribution in [0.15, 0.2) is 0 Å². The Morgan fingerprint density at radius 3 is 2.64 bits per heavy atom. The zero-order valence-electron chi connectivity index (χ0n) is 8.63. The van der Waals surface area contributed by atoms with Gasteiger partial charge in [-0.15, -0.1) is 0 Å². The van der Waals surface area contributed by atoms with Gasteiger partial charge in [0, 0.05) is 7.05 Å². The minimum absolute atomic E-state index is 0.439. The number of nitrogens with zero attached hydrogens (tertiary/aromatic N) is 1. The fourth-order valence-electron chi connectivity index (χ4n) is 0.627. The molecule has 0 saturated carbocycles. The molecule has 84 valence electrons. The van der Waals surface area contributed by atoms with Crippen molar-refractivity contribution in [2.24, 2.45) is 0 Å². The van der Waals surface area contributed by atoms with Crippen LogP contribution in [0.4, 0.5) is 0 Å². The first-order valence-electron chi connectivity index (χ1n) is 4.26. The van der Waals surface area contributed by atoms with Gasteiger partial charge in [0.25, 0.3) is 0 Å². The Labute approximate surface area is 99.6 Å². The Morgan fingerprint density at radius 2 is 2.21 bits per heavy atom. The summed E-state index contributed by atoms with van der Waals surface area (Å²) in [6, 6.07) is 0. The third-order valence-corrected chi connectivity index (χ3v) is 8.12. The average Bonchev–Trinajstić information content (AvgIpc) is 2.17. The van der Waals surface area contributed by atoms with E-state index in [0.29, 0.717) is 6.61 Å². The number of rotatable bonds is 8. The Kier molecular flexibility index (Phi) is 8.44. The van der Waals surface area contributed by atoms with E-state index in [9.17, 15) is 4.57 Å². The van der Waals surface area contributed by atoms with Crippen molar-refractivity contribution < 1.29 is 9.09 Å². The largest absolute Gasteiger partial charge is 0.354 e. The third kappa shape index (κ3) is 5.03. The molecule has 0 aromatic heterocycles. The van der Waals surface area contributed by atoms with E-state index in [2.05, 4.69) is 6.92 Å². The van der Waals surface area contributed by atoms with Crippen LogP contribution < -0.4 is 0 Å². The molecule has 3 nitrogen and oxygen atoms in total. The molecule has 0 amide bonds. The van der Waals surface area contributed by atoms with Gasteiger partial charge in [0.1, 0.15) is 0 Å². The Balaban J connectivity index is 4.24. The second-order valence-electron chi connectivity index (χ2n) is 2.31. The molecule has 0 bridgehead atoms. The molecular weight excluding hydrogens is 257 g/mol. The molecular formula is C7H16NO2PS3. The van der Waals surface area contributed by atoms with E-state index in [4.69, 9.17) is 16.7 Å². The lowest BCUT2D eigenvalue weighted by atomic mass is 10.9. The lowest BCUT2D eigenvalue weighted by Gasteiger charge is -2.23. The zero-order chi connectivity index (χ0) is 11.0. The first-order chi connectivity index (χ1) is 6.60. The van der Waals surface area contributed by atoms with Crippen molar-refractivity contribution in [3.05, 3.63) is 0 Å². The van der Waals surface area contributed by atoms with Crippen LogP contribution in [0.2, 0.25) is 0 Å². The minimum atomic E-state index is -2.77. The fourth-order valence-corrected chi connectivity index (χ4v) is 6.65. The highest BCUT2D eigenvalue weighted by Gasteiger charge is 2.27. The first-order valence-corrected chi connectivity index (χ1v) is 9.05. The van der Waals surface area contributed by atoms with E-state index in [0.717, 1.165) is 10.8 Å². The van der Waals surface area contributed by atoms with Crippen LogP contribution in [0.5, 0.6) is 0 Å².